The van der Waals surface area contributed by atoms with Crippen molar-refractivity contribution in [3.05, 3.63) is 69.8 Å². The molecule has 2 N–H and O–H groups in total. The van der Waals surface area contributed by atoms with E-state index in [1.807, 2.05) is 28.5 Å². The highest BCUT2D eigenvalue weighted by molar-refractivity contribution is 7.13. The maximum atomic E-state index is 13.1. The van der Waals surface area contributed by atoms with E-state index in [0.29, 0.717) is 24.7 Å². The number of piperidine rings is 1. The predicted octanol–water partition coefficient (Wildman–Crippen LogP) is 3.60. The second-order valence-corrected chi connectivity index (χ2v) is 8.79. The average Bonchev–Trinajstić information content (AvgIpc) is 3.31. The molecular weight excluding hydrogens is 396 g/mol. The summed E-state index contributed by atoms with van der Waals surface area (Å²) >= 11 is 1.52. The summed E-state index contributed by atoms with van der Waals surface area (Å²) < 4.78 is 1.24. The third-order valence-electron chi connectivity index (χ3n) is 5.75. The summed E-state index contributed by atoms with van der Waals surface area (Å²) in [5.41, 5.74) is 7.58. The molecule has 3 aromatic rings. The largest absolute Gasteiger partial charge is 0.394 e. The van der Waals surface area contributed by atoms with Crippen molar-refractivity contribution in [2.24, 2.45) is 5.92 Å². The van der Waals surface area contributed by atoms with E-state index in [0.717, 1.165) is 24.1 Å². The monoisotopic (exact) mass is 422 g/mol. The van der Waals surface area contributed by atoms with E-state index in [2.05, 4.69) is 29.4 Å². The van der Waals surface area contributed by atoms with Crippen LogP contribution in [0.15, 0.2) is 58.7 Å². The van der Waals surface area contributed by atoms with Gasteiger partial charge in [-0.25, -0.2) is 4.68 Å². The fourth-order valence-electron chi connectivity index (χ4n) is 4.01. The molecule has 1 atom stereocenters. The number of likely N-dealkylation sites (tertiary alicyclic amines) is 1. The number of anilines is 1. The van der Waals surface area contributed by atoms with Crippen molar-refractivity contribution in [3.63, 3.8) is 0 Å². The second kappa shape index (κ2) is 8.83. The molecular formula is C23H26N4O2S. The van der Waals surface area contributed by atoms with Crippen molar-refractivity contribution in [3.8, 4) is 10.6 Å². The predicted molar refractivity (Wildman–Crippen MR) is 120 cm³/mol. The molecule has 0 radical (unpaired) electrons. The molecule has 0 aliphatic carbocycles. The van der Waals surface area contributed by atoms with Gasteiger partial charge in [-0.3, -0.25) is 9.59 Å². The van der Waals surface area contributed by atoms with Gasteiger partial charge in [0, 0.05) is 13.1 Å². The molecule has 3 heterocycles. The lowest BCUT2D eigenvalue weighted by Crippen LogP contribution is -2.44. The molecule has 156 valence electrons. The van der Waals surface area contributed by atoms with Gasteiger partial charge in [-0.1, -0.05) is 36.4 Å². The number of nitrogens with two attached hydrogens (primary N) is 1. The van der Waals surface area contributed by atoms with Crippen LogP contribution in [0.3, 0.4) is 0 Å². The van der Waals surface area contributed by atoms with E-state index in [1.165, 1.54) is 21.6 Å². The lowest BCUT2D eigenvalue weighted by Gasteiger charge is -2.33. The van der Waals surface area contributed by atoms with Crippen LogP contribution >= 0.6 is 11.3 Å². The number of aromatic nitrogens is 2. The molecule has 1 aliphatic heterocycles. The lowest BCUT2D eigenvalue weighted by molar-refractivity contribution is -0.136. The minimum Gasteiger partial charge on any atom is -0.394 e. The third-order valence-corrected chi connectivity index (χ3v) is 6.65. The molecule has 6 nitrogen and oxygen atoms in total. The fraction of sp³-hybridized carbons (Fsp3) is 0.348. The zero-order valence-electron chi connectivity index (χ0n) is 17.0. The van der Waals surface area contributed by atoms with Crippen LogP contribution in [-0.4, -0.2) is 33.7 Å². The van der Waals surface area contributed by atoms with E-state index in [9.17, 15) is 9.59 Å². The highest BCUT2D eigenvalue weighted by atomic mass is 32.1. The maximum absolute atomic E-state index is 13.1. The lowest BCUT2D eigenvalue weighted by atomic mass is 9.90. The minimum atomic E-state index is -0.689. The number of nitrogen functional groups attached to an aromatic ring is 1. The summed E-state index contributed by atoms with van der Waals surface area (Å²) in [6, 6.07) is 15.2. The molecule has 30 heavy (non-hydrogen) atoms. The molecule has 1 amide bonds. The van der Waals surface area contributed by atoms with Crippen LogP contribution in [0, 0.1) is 5.92 Å². The van der Waals surface area contributed by atoms with Gasteiger partial charge in [0.15, 0.2) is 0 Å². The van der Waals surface area contributed by atoms with Crippen molar-refractivity contribution in [1.82, 2.24) is 14.7 Å². The summed E-state index contributed by atoms with van der Waals surface area (Å²) in [5, 5.41) is 6.39. The Bertz CT molecular complexity index is 1050. The first kappa shape index (κ1) is 20.3. The fourth-order valence-corrected chi connectivity index (χ4v) is 4.69. The van der Waals surface area contributed by atoms with Crippen LogP contribution in [0.2, 0.25) is 0 Å². The molecule has 0 bridgehead atoms. The average molecular weight is 423 g/mol. The topological polar surface area (TPSA) is 81.2 Å². The van der Waals surface area contributed by atoms with Gasteiger partial charge < -0.3 is 10.6 Å². The summed E-state index contributed by atoms with van der Waals surface area (Å²) in [5.74, 6) is 0.496. The number of thiophene rings is 1. The number of carbonyl (C=O) groups excluding carboxylic acids is 1. The summed E-state index contributed by atoms with van der Waals surface area (Å²) in [6.45, 7) is 3.13. The van der Waals surface area contributed by atoms with Crippen molar-refractivity contribution in [2.75, 3.05) is 18.8 Å². The first-order valence-corrected chi connectivity index (χ1v) is 11.2. The Balaban J connectivity index is 1.45. The zero-order valence-corrected chi connectivity index (χ0v) is 17.8. The molecule has 0 spiro atoms. The van der Waals surface area contributed by atoms with E-state index >= 15 is 0 Å². The Morgan fingerprint density at radius 2 is 1.93 bits per heavy atom. The molecule has 1 aromatic carbocycles. The molecule has 2 aromatic heterocycles. The molecule has 1 aliphatic rings. The van der Waals surface area contributed by atoms with Crippen LogP contribution in [-0.2, 0) is 11.2 Å². The van der Waals surface area contributed by atoms with Crippen LogP contribution in [0.4, 0.5) is 5.69 Å². The Morgan fingerprint density at radius 1 is 1.20 bits per heavy atom. The van der Waals surface area contributed by atoms with Crippen LogP contribution in [0.5, 0.6) is 0 Å². The summed E-state index contributed by atoms with van der Waals surface area (Å²) in [6.07, 6.45) is 2.97. The Labute approximate surface area is 180 Å². The standard InChI is InChI=1S/C23H26N4O2S/c1-16(27-23(29)19(24)15-20(25-27)21-8-5-13-30-21)22(28)26-11-9-18(10-12-26)14-17-6-3-2-4-7-17/h2-8,13,15-16,18H,9-12,14,24H2,1H3/t16-/m0/s1. The molecule has 4 rings (SSSR count). The van der Waals surface area contributed by atoms with Gasteiger partial charge in [0.2, 0.25) is 5.91 Å². The first-order chi connectivity index (χ1) is 14.5. The number of rotatable bonds is 5. The van der Waals surface area contributed by atoms with E-state index < -0.39 is 11.6 Å². The number of hydrogen-bond acceptors (Lipinski definition) is 5. The zero-order chi connectivity index (χ0) is 21.1. The second-order valence-electron chi connectivity index (χ2n) is 7.85. The number of nitrogens with zero attached hydrogens (tertiary/aromatic N) is 3. The van der Waals surface area contributed by atoms with Gasteiger partial charge >= 0.3 is 0 Å². The van der Waals surface area contributed by atoms with Crippen LogP contribution in [0.25, 0.3) is 10.6 Å². The van der Waals surface area contributed by atoms with Crippen molar-refractivity contribution >= 4 is 22.9 Å². The molecule has 0 unspecified atom stereocenters. The summed E-state index contributed by atoms with van der Waals surface area (Å²) in [4.78, 5) is 28.5. The summed E-state index contributed by atoms with van der Waals surface area (Å²) in [7, 11) is 0. The minimum absolute atomic E-state index is 0.0782. The smallest absolute Gasteiger partial charge is 0.290 e. The van der Waals surface area contributed by atoms with E-state index in [-0.39, 0.29) is 11.6 Å². The number of benzene rings is 1. The van der Waals surface area contributed by atoms with Gasteiger partial charge in [-0.15, -0.1) is 11.3 Å². The molecule has 1 saturated heterocycles. The van der Waals surface area contributed by atoms with E-state index in [4.69, 9.17) is 5.73 Å². The van der Waals surface area contributed by atoms with Gasteiger partial charge in [0.05, 0.1) is 4.88 Å². The number of amides is 1. The van der Waals surface area contributed by atoms with Gasteiger partial charge in [0.25, 0.3) is 5.56 Å². The Morgan fingerprint density at radius 3 is 2.60 bits per heavy atom. The maximum Gasteiger partial charge on any atom is 0.290 e. The third kappa shape index (κ3) is 4.31. The molecule has 0 saturated carbocycles. The number of carbonyl (C=O) groups is 1. The van der Waals surface area contributed by atoms with E-state index in [1.54, 1.807) is 13.0 Å². The van der Waals surface area contributed by atoms with Crippen LogP contribution in [0.1, 0.15) is 31.4 Å². The Hall–Kier alpha value is -2.93. The quantitative estimate of drug-likeness (QED) is 0.681. The van der Waals surface area contributed by atoms with Gasteiger partial charge in [-0.05, 0) is 55.2 Å². The van der Waals surface area contributed by atoms with Crippen molar-refractivity contribution in [1.29, 1.82) is 0 Å². The highest BCUT2D eigenvalue weighted by Crippen LogP contribution is 2.25. The van der Waals surface area contributed by atoms with Gasteiger partial charge in [-0.2, -0.15) is 5.10 Å². The first-order valence-electron chi connectivity index (χ1n) is 10.3. The molecule has 1 fully saturated rings. The highest BCUT2D eigenvalue weighted by Gasteiger charge is 2.28. The normalized spacial score (nSPS) is 15.8. The van der Waals surface area contributed by atoms with Crippen molar-refractivity contribution in [2.45, 2.75) is 32.2 Å². The van der Waals surface area contributed by atoms with Crippen molar-refractivity contribution < 1.29 is 4.79 Å². The Kier molecular flexibility index (Phi) is 5.99. The number of hydrogen-bond donors (Lipinski definition) is 1. The molecule has 7 heteroatoms. The SMILES string of the molecule is C[C@@H](C(=O)N1CCC(Cc2ccccc2)CC1)n1nc(-c2cccs2)cc(N)c1=O. The van der Waals surface area contributed by atoms with Crippen LogP contribution < -0.4 is 11.3 Å². The van der Waals surface area contributed by atoms with Gasteiger partial charge in [0.1, 0.15) is 17.4 Å².